The number of sulfonamides is 1. The summed E-state index contributed by atoms with van der Waals surface area (Å²) in [5.41, 5.74) is 1.08. The van der Waals surface area contributed by atoms with Crippen molar-refractivity contribution in [3.05, 3.63) is 29.8 Å². The molecule has 0 saturated carbocycles. The van der Waals surface area contributed by atoms with Crippen LogP contribution in [0, 0.1) is 18.3 Å². The van der Waals surface area contributed by atoms with Crippen LogP contribution in [-0.2, 0) is 14.8 Å². The van der Waals surface area contributed by atoms with E-state index >= 15 is 0 Å². The molecule has 1 aliphatic rings. The van der Waals surface area contributed by atoms with Crippen LogP contribution in [0.1, 0.15) is 58.9 Å². The van der Waals surface area contributed by atoms with Crippen molar-refractivity contribution in [2.24, 2.45) is 11.3 Å². The van der Waals surface area contributed by atoms with Gasteiger partial charge in [-0.05, 0) is 63.0 Å². The van der Waals surface area contributed by atoms with E-state index in [0.717, 1.165) is 37.9 Å². The molecule has 1 N–H and O–H groups in total. The van der Waals surface area contributed by atoms with E-state index in [1.165, 1.54) is 0 Å². The van der Waals surface area contributed by atoms with E-state index in [-0.39, 0.29) is 11.0 Å². The Hall–Kier alpha value is -0.910. The van der Waals surface area contributed by atoms with Crippen molar-refractivity contribution in [2.45, 2.75) is 70.8 Å². The van der Waals surface area contributed by atoms with Gasteiger partial charge in [0.25, 0.3) is 0 Å². The summed E-state index contributed by atoms with van der Waals surface area (Å²) >= 11 is 0. The summed E-state index contributed by atoms with van der Waals surface area (Å²) in [7, 11) is -3.45. The van der Waals surface area contributed by atoms with E-state index in [2.05, 4.69) is 32.4 Å². The third-order valence-corrected chi connectivity index (χ3v) is 7.47. The number of rotatable bonds is 7. The molecule has 1 fully saturated rings. The lowest BCUT2D eigenvalue weighted by atomic mass is 9.64. The Morgan fingerprint density at radius 3 is 2.44 bits per heavy atom. The van der Waals surface area contributed by atoms with Crippen molar-refractivity contribution in [1.29, 1.82) is 0 Å². The quantitative estimate of drug-likeness (QED) is 0.782. The van der Waals surface area contributed by atoms with Gasteiger partial charge in [-0.1, -0.05) is 38.5 Å². The zero-order chi connectivity index (χ0) is 18.7. The predicted octanol–water partition coefficient (Wildman–Crippen LogP) is 4.28. The molecule has 2 atom stereocenters. The lowest BCUT2D eigenvalue weighted by molar-refractivity contribution is -0.132. The molecule has 0 amide bonds. The maximum atomic E-state index is 12.5. The highest BCUT2D eigenvalue weighted by molar-refractivity contribution is 7.89. The lowest BCUT2D eigenvalue weighted by Crippen LogP contribution is -2.46. The Morgan fingerprint density at radius 2 is 1.88 bits per heavy atom. The van der Waals surface area contributed by atoms with Crippen LogP contribution in [0.3, 0.4) is 0 Å². The third-order valence-electron chi connectivity index (χ3n) is 6.00. The van der Waals surface area contributed by atoms with E-state index < -0.39 is 10.0 Å². The molecule has 0 radical (unpaired) electrons. The first-order valence-electron chi connectivity index (χ1n) is 9.33. The molecule has 2 unspecified atom stereocenters. The molecule has 5 heteroatoms. The molecule has 1 aliphatic heterocycles. The molecule has 0 bridgehead atoms. The largest absolute Gasteiger partial charge is 0.375 e. The predicted molar refractivity (Wildman–Crippen MR) is 102 cm³/mol. The fourth-order valence-electron chi connectivity index (χ4n) is 3.84. The summed E-state index contributed by atoms with van der Waals surface area (Å²) in [5, 5.41) is 0. The molecule has 1 saturated heterocycles. The van der Waals surface area contributed by atoms with Gasteiger partial charge in [0.05, 0.1) is 10.5 Å². The molecule has 0 aromatic heterocycles. The smallest absolute Gasteiger partial charge is 0.240 e. The standard InChI is InChI=1S/C20H33NO3S/c1-6-19(5)15-20(16(2)3,12-14-24-19)11-13-21-25(22,23)18-9-7-17(4)8-10-18/h7-10,16,21H,6,11-15H2,1-5H3. The van der Waals surface area contributed by atoms with Gasteiger partial charge in [0, 0.05) is 13.2 Å². The van der Waals surface area contributed by atoms with Crippen LogP contribution in [0.4, 0.5) is 0 Å². The van der Waals surface area contributed by atoms with Gasteiger partial charge >= 0.3 is 0 Å². The van der Waals surface area contributed by atoms with E-state index in [0.29, 0.717) is 17.4 Å². The minimum absolute atomic E-state index is 0.0989. The average molecular weight is 368 g/mol. The Labute approximate surface area is 153 Å². The molecule has 142 valence electrons. The zero-order valence-electron chi connectivity index (χ0n) is 16.3. The summed E-state index contributed by atoms with van der Waals surface area (Å²) in [6.07, 6.45) is 3.80. The van der Waals surface area contributed by atoms with Gasteiger partial charge in [0.2, 0.25) is 10.0 Å². The second-order valence-corrected chi connectivity index (χ2v) is 9.82. The highest BCUT2D eigenvalue weighted by Crippen LogP contribution is 2.47. The van der Waals surface area contributed by atoms with Crippen LogP contribution in [-0.4, -0.2) is 27.2 Å². The minimum Gasteiger partial charge on any atom is -0.375 e. The van der Waals surface area contributed by atoms with Gasteiger partial charge in [0.1, 0.15) is 0 Å². The molecule has 1 heterocycles. The molecular weight excluding hydrogens is 334 g/mol. The minimum atomic E-state index is -3.45. The van der Waals surface area contributed by atoms with E-state index in [9.17, 15) is 8.42 Å². The van der Waals surface area contributed by atoms with Crippen molar-refractivity contribution < 1.29 is 13.2 Å². The summed E-state index contributed by atoms with van der Waals surface area (Å²) in [4.78, 5) is 0.335. The fourth-order valence-corrected chi connectivity index (χ4v) is 4.87. The average Bonchev–Trinajstić information content (AvgIpc) is 2.55. The van der Waals surface area contributed by atoms with Crippen molar-refractivity contribution >= 4 is 10.0 Å². The number of hydrogen-bond donors (Lipinski definition) is 1. The van der Waals surface area contributed by atoms with E-state index in [1.807, 2.05) is 19.1 Å². The normalized spacial score (nSPS) is 27.6. The SMILES string of the molecule is CCC1(C)CC(CCNS(=O)(=O)c2ccc(C)cc2)(C(C)C)CCO1. The fraction of sp³-hybridized carbons (Fsp3) is 0.700. The van der Waals surface area contributed by atoms with Gasteiger partial charge in [-0.25, -0.2) is 13.1 Å². The van der Waals surface area contributed by atoms with Crippen LogP contribution in [0.25, 0.3) is 0 Å². The summed E-state index contributed by atoms with van der Waals surface area (Å²) < 4.78 is 33.8. The summed E-state index contributed by atoms with van der Waals surface area (Å²) in [6.45, 7) is 12.0. The molecular formula is C20H33NO3S. The molecule has 1 aromatic carbocycles. The van der Waals surface area contributed by atoms with Crippen LogP contribution in [0.5, 0.6) is 0 Å². The van der Waals surface area contributed by atoms with Gasteiger partial charge in [-0.15, -0.1) is 0 Å². The first-order valence-corrected chi connectivity index (χ1v) is 10.8. The highest BCUT2D eigenvalue weighted by Gasteiger charge is 2.43. The van der Waals surface area contributed by atoms with E-state index in [4.69, 9.17) is 4.74 Å². The second kappa shape index (κ2) is 7.77. The second-order valence-electron chi connectivity index (χ2n) is 8.06. The van der Waals surface area contributed by atoms with Crippen LogP contribution < -0.4 is 4.72 Å². The van der Waals surface area contributed by atoms with Crippen LogP contribution >= 0.6 is 0 Å². The molecule has 4 nitrogen and oxygen atoms in total. The van der Waals surface area contributed by atoms with Crippen molar-refractivity contribution in [2.75, 3.05) is 13.2 Å². The van der Waals surface area contributed by atoms with Gasteiger partial charge < -0.3 is 4.74 Å². The Kier molecular flexibility index (Phi) is 6.34. The maximum Gasteiger partial charge on any atom is 0.240 e. The Balaban J connectivity index is 2.05. The van der Waals surface area contributed by atoms with Gasteiger partial charge in [-0.3, -0.25) is 0 Å². The van der Waals surface area contributed by atoms with Crippen LogP contribution in [0.2, 0.25) is 0 Å². The Bertz CT molecular complexity index is 669. The van der Waals surface area contributed by atoms with E-state index in [1.54, 1.807) is 12.1 Å². The first kappa shape index (κ1) is 20.4. The highest BCUT2D eigenvalue weighted by atomic mass is 32.2. The number of benzene rings is 1. The molecule has 0 aliphatic carbocycles. The van der Waals surface area contributed by atoms with Crippen molar-refractivity contribution in [1.82, 2.24) is 4.72 Å². The number of hydrogen-bond acceptors (Lipinski definition) is 3. The maximum absolute atomic E-state index is 12.5. The van der Waals surface area contributed by atoms with Crippen molar-refractivity contribution in [3.63, 3.8) is 0 Å². The number of nitrogens with one attached hydrogen (secondary N) is 1. The zero-order valence-corrected chi connectivity index (χ0v) is 17.1. The van der Waals surface area contributed by atoms with Gasteiger partial charge in [0.15, 0.2) is 0 Å². The monoisotopic (exact) mass is 367 g/mol. The first-order chi connectivity index (χ1) is 11.6. The topological polar surface area (TPSA) is 55.4 Å². The van der Waals surface area contributed by atoms with Crippen molar-refractivity contribution in [3.8, 4) is 0 Å². The molecule has 2 rings (SSSR count). The number of ether oxygens (including phenoxy) is 1. The molecule has 25 heavy (non-hydrogen) atoms. The summed E-state index contributed by atoms with van der Waals surface area (Å²) in [5.74, 6) is 0.492. The molecule has 0 spiro atoms. The lowest BCUT2D eigenvalue weighted by Gasteiger charge is -2.49. The van der Waals surface area contributed by atoms with Gasteiger partial charge in [-0.2, -0.15) is 0 Å². The molecule has 1 aromatic rings. The Morgan fingerprint density at radius 1 is 1.24 bits per heavy atom. The third kappa shape index (κ3) is 4.83. The summed E-state index contributed by atoms with van der Waals surface area (Å²) in [6, 6.07) is 6.99. The number of aryl methyl sites for hydroxylation is 1. The van der Waals surface area contributed by atoms with Crippen LogP contribution in [0.15, 0.2) is 29.2 Å².